The molecule has 7 heteroatoms. The number of nitrogens with zero attached hydrogens (tertiary/aromatic N) is 1. The molecule has 3 amide bonds. The van der Waals surface area contributed by atoms with E-state index in [0.717, 1.165) is 28.9 Å². The van der Waals surface area contributed by atoms with Gasteiger partial charge in [-0.3, -0.25) is 14.4 Å². The molecule has 1 heterocycles. The highest BCUT2D eigenvalue weighted by Gasteiger charge is 2.29. The Morgan fingerprint density at radius 2 is 1.61 bits per heavy atom. The van der Waals surface area contributed by atoms with E-state index in [9.17, 15) is 14.4 Å². The lowest BCUT2D eigenvalue weighted by molar-refractivity contribution is -0.137. The van der Waals surface area contributed by atoms with Gasteiger partial charge in [-0.2, -0.15) is 0 Å². The van der Waals surface area contributed by atoms with E-state index < -0.39 is 17.9 Å². The van der Waals surface area contributed by atoms with Crippen molar-refractivity contribution in [2.75, 3.05) is 6.54 Å². The third kappa shape index (κ3) is 7.44. The van der Waals surface area contributed by atoms with Crippen LogP contribution >= 0.6 is 0 Å². The molecule has 38 heavy (non-hydrogen) atoms. The normalized spacial score (nSPS) is 14.2. The Kier molecular flexibility index (Phi) is 9.14. The van der Waals surface area contributed by atoms with Gasteiger partial charge < -0.3 is 20.7 Å². The smallest absolute Gasteiger partial charge is 0.245 e. The number of rotatable bonds is 11. The predicted octanol–water partition coefficient (Wildman–Crippen LogP) is 3.78. The second-order valence-electron chi connectivity index (χ2n) is 9.86. The first-order valence-corrected chi connectivity index (χ1v) is 13.1. The fourth-order valence-corrected chi connectivity index (χ4v) is 4.56. The number of hydrogen-bond acceptors (Lipinski definition) is 4. The highest BCUT2D eigenvalue weighted by Crippen LogP contribution is 2.21. The van der Waals surface area contributed by atoms with Gasteiger partial charge in [-0.15, -0.1) is 0 Å². The minimum absolute atomic E-state index is 0.111. The third-order valence-corrected chi connectivity index (χ3v) is 6.98. The lowest BCUT2D eigenvalue weighted by atomic mass is 9.98. The number of fused-ring (bicyclic) bond motifs is 1. The summed E-state index contributed by atoms with van der Waals surface area (Å²) in [5.41, 5.74) is 9.72. The van der Waals surface area contributed by atoms with Gasteiger partial charge in [0.15, 0.2) is 0 Å². The van der Waals surface area contributed by atoms with Crippen LogP contribution < -0.4 is 15.8 Å². The van der Waals surface area contributed by atoms with Gasteiger partial charge in [0, 0.05) is 31.8 Å². The third-order valence-electron chi connectivity index (χ3n) is 6.98. The molecular weight excluding hydrogens is 478 g/mol. The molecule has 0 bridgehead atoms. The number of nitrogens with two attached hydrogens (primary N) is 1. The van der Waals surface area contributed by atoms with Crippen molar-refractivity contribution in [1.29, 1.82) is 0 Å². The molecule has 0 radical (unpaired) electrons. The van der Waals surface area contributed by atoms with Crippen molar-refractivity contribution in [2.24, 2.45) is 11.7 Å². The van der Waals surface area contributed by atoms with Crippen molar-refractivity contribution < 1.29 is 19.1 Å². The fraction of sp³-hybridized carbons (Fsp3) is 0.323. The predicted molar refractivity (Wildman–Crippen MR) is 146 cm³/mol. The van der Waals surface area contributed by atoms with Gasteiger partial charge in [0.25, 0.3) is 0 Å². The molecule has 0 spiro atoms. The number of amides is 3. The summed E-state index contributed by atoms with van der Waals surface area (Å²) in [6, 6.07) is 25.0. The van der Waals surface area contributed by atoms with Crippen molar-refractivity contribution in [3.8, 4) is 5.75 Å². The first-order valence-electron chi connectivity index (χ1n) is 13.1. The second-order valence-corrected chi connectivity index (χ2v) is 9.86. The highest BCUT2D eigenvalue weighted by atomic mass is 16.5. The van der Waals surface area contributed by atoms with E-state index in [4.69, 9.17) is 10.5 Å². The molecule has 1 aliphatic rings. The van der Waals surface area contributed by atoms with Crippen molar-refractivity contribution in [3.63, 3.8) is 0 Å². The van der Waals surface area contributed by atoms with Gasteiger partial charge in [0.1, 0.15) is 18.4 Å². The average molecular weight is 514 g/mol. The van der Waals surface area contributed by atoms with Gasteiger partial charge in [-0.1, -0.05) is 73.7 Å². The van der Waals surface area contributed by atoms with Crippen LogP contribution in [0.15, 0.2) is 78.9 Å². The Hall–Kier alpha value is -4.13. The van der Waals surface area contributed by atoms with Crippen molar-refractivity contribution in [1.82, 2.24) is 10.2 Å². The number of carbonyl (C=O) groups is 3. The Labute approximate surface area is 224 Å². The van der Waals surface area contributed by atoms with E-state index >= 15 is 0 Å². The summed E-state index contributed by atoms with van der Waals surface area (Å²) in [5, 5.41) is 2.93. The van der Waals surface area contributed by atoms with Crippen LogP contribution in [0.25, 0.3) is 0 Å². The number of benzene rings is 3. The largest absolute Gasteiger partial charge is 0.489 e. The van der Waals surface area contributed by atoms with E-state index in [2.05, 4.69) is 11.4 Å². The molecule has 0 saturated carbocycles. The molecule has 1 aliphatic heterocycles. The summed E-state index contributed by atoms with van der Waals surface area (Å²) < 4.78 is 5.88. The second kappa shape index (κ2) is 12.9. The number of hydrogen-bond donors (Lipinski definition) is 2. The van der Waals surface area contributed by atoms with E-state index in [1.807, 2.05) is 77.7 Å². The molecule has 2 atom stereocenters. The monoisotopic (exact) mass is 513 g/mol. The lowest BCUT2D eigenvalue weighted by Crippen LogP contribution is -2.51. The molecule has 3 N–H and O–H groups in total. The first-order chi connectivity index (χ1) is 18.4. The quantitative estimate of drug-likeness (QED) is 0.407. The van der Waals surface area contributed by atoms with Crippen LogP contribution in [0.1, 0.15) is 42.0 Å². The van der Waals surface area contributed by atoms with Crippen LogP contribution in [0.2, 0.25) is 0 Å². The van der Waals surface area contributed by atoms with E-state index in [1.165, 1.54) is 5.56 Å². The Balaban J connectivity index is 1.43. The Morgan fingerprint density at radius 1 is 0.921 bits per heavy atom. The van der Waals surface area contributed by atoms with Gasteiger partial charge in [-0.25, -0.2) is 0 Å². The summed E-state index contributed by atoms with van der Waals surface area (Å²) in [5.74, 6) is -0.488. The van der Waals surface area contributed by atoms with E-state index in [-0.39, 0.29) is 18.2 Å². The molecule has 0 aromatic heterocycles. The maximum Gasteiger partial charge on any atom is 0.245 e. The number of ether oxygens (including phenoxy) is 1. The summed E-state index contributed by atoms with van der Waals surface area (Å²) in [6.07, 6.45) is 1.61. The van der Waals surface area contributed by atoms with Crippen LogP contribution in [0.3, 0.4) is 0 Å². The van der Waals surface area contributed by atoms with Crippen LogP contribution in [-0.2, 0) is 40.4 Å². The van der Waals surface area contributed by atoms with Gasteiger partial charge in [0.2, 0.25) is 17.7 Å². The maximum atomic E-state index is 13.6. The first kappa shape index (κ1) is 26.9. The zero-order chi connectivity index (χ0) is 26.9. The molecule has 7 nitrogen and oxygen atoms in total. The van der Waals surface area contributed by atoms with Gasteiger partial charge >= 0.3 is 0 Å². The number of nitrogens with one attached hydrogen (secondary N) is 1. The van der Waals surface area contributed by atoms with Crippen LogP contribution in [0, 0.1) is 5.92 Å². The molecular formula is C31H35N3O4. The van der Waals surface area contributed by atoms with Crippen molar-refractivity contribution in [2.45, 2.75) is 51.8 Å². The zero-order valence-corrected chi connectivity index (χ0v) is 21.8. The minimum atomic E-state index is -0.715. The van der Waals surface area contributed by atoms with Crippen LogP contribution in [-0.4, -0.2) is 35.2 Å². The lowest BCUT2D eigenvalue weighted by Gasteiger charge is -2.32. The van der Waals surface area contributed by atoms with Crippen LogP contribution in [0.5, 0.6) is 5.75 Å². The molecule has 4 rings (SSSR count). The summed E-state index contributed by atoms with van der Waals surface area (Å²) in [6.45, 7) is 3.29. The Bertz CT molecular complexity index is 1240. The molecule has 3 aromatic rings. The highest BCUT2D eigenvalue weighted by molar-refractivity contribution is 5.88. The van der Waals surface area contributed by atoms with Crippen molar-refractivity contribution >= 4 is 17.7 Å². The summed E-state index contributed by atoms with van der Waals surface area (Å²) in [4.78, 5) is 39.6. The van der Waals surface area contributed by atoms with Gasteiger partial charge in [-0.05, 0) is 47.2 Å². The zero-order valence-electron chi connectivity index (χ0n) is 21.8. The summed E-state index contributed by atoms with van der Waals surface area (Å²) in [7, 11) is 0. The molecule has 2 unspecified atom stereocenters. The summed E-state index contributed by atoms with van der Waals surface area (Å²) >= 11 is 0. The number of carbonyl (C=O) groups excluding carboxylic acids is 3. The SMILES string of the molecule is CC(CCC(=O)NC(Cc1ccc(OCc2ccccc2)cc1)C(=O)N1CCc2ccccc2C1)C(N)=O. The molecule has 0 fully saturated rings. The fourth-order valence-electron chi connectivity index (χ4n) is 4.56. The standard InChI is InChI=1S/C31H35N3O4/c1-22(30(32)36)11-16-29(35)33-28(31(37)34-18-17-25-9-5-6-10-26(25)20-34)19-23-12-14-27(15-13-23)38-21-24-7-3-2-4-8-24/h2-10,12-15,22,28H,11,16-21H2,1H3,(H2,32,36)(H,33,35). The molecule has 198 valence electrons. The minimum Gasteiger partial charge on any atom is -0.489 e. The average Bonchev–Trinajstić information content (AvgIpc) is 2.95. The molecule has 0 saturated heterocycles. The maximum absolute atomic E-state index is 13.6. The number of primary amides is 1. The van der Waals surface area contributed by atoms with E-state index in [0.29, 0.717) is 32.5 Å². The Morgan fingerprint density at radius 3 is 2.32 bits per heavy atom. The van der Waals surface area contributed by atoms with Crippen molar-refractivity contribution in [3.05, 3.63) is 101 Å². The van der Waals surface area contributed by atoms with E-state index in [1.54, 1.807) is 6.92 Å². The molecule has 0 aliphatic carbocycles. The van der Waals surface area contributed by atoms with Gasteiger partial charge in [0.05, 0.1) is 0 Å². The molecule has 3 aromatic carbocycles. The van der Waals surface area contributed by atoms with Crippen LogP contribution in [0.4, 0.5) is 0 Å². The topological polar surface area (TPSA) is 102 Å².